The highest BCUT2D eigenvalue weighted by Crippen LogP contribution is 2.08. The van der Waals surface area contributed by atoms with Gasteiger partial charge in [0, 0.05) is 25.6 Å². The van der Waals surface area contributed by atoms with Crippen LogP contribution >= 0.6 is 0 Å². The lowest BCUT2D eigenvalue weighted by Crippen LogP contribution is -2.36. The molecule has 4 nitrogen and oxygen atoms in total. The fourth-order valence-electron chi connectivity index (χ4n) is 1.52. The first kappa shape index (κ1) is 16.4. The van der Waals surface area contributed by atoms with Gasteiger partial charge in [0.15, 0.2) is 0 Å². The zero-order valence-corrected chi connectivity index (χ0v) is 11.8. The molecule has 0 aliphatic heterocycles. The molecule has 0 aromatic rings. The monoisotopic (exact) mass is 243 g/mol. The Hall–Kier alpha value is -0.610. The van der Waals surface area contributed by atoms with Crippen LogP contribution in [0.2, 0.25) is 0 Å². The van der Waals surface area contributed by atoms with Crippen molar-refractivity contribution in [3.8, 4) is 0 Å². The minimum atomic E-state index is 0.158. The van der Waals surface area contributed by atoms with E-state index in [9.17, 15) is 4.79 Å². The molecule has 0 aromatic carbocycles. The van der Waals surface area contributed by atoms with Gasteiger partial charge >= 0.3 is 0 Å². The molecule has 0 heterocycles. The van der Waals surface area contributed by atoms with Gasteiger partial charge in [0.2, 0.25) is 5.91 Å². The number of carbonyl (C=O) groups is 1. The van der Waals surface area contributed by atoms with Gasteiger partial charge in [0.25, 0.3) is 0 Å². The van der Waals surface area contributed by atoms with E-state index in [1.165, 1.54) is 0 Å². The van der Waals surface area contributed by atoms with Crippen molar-refractivity contribution in [3.05, 3.63) is 0 Å². The van der Waals surface area contributed by atoms with Gasteiger partial charge in [-0.1, -0.05) is 6.92 Å². The van der Waals surface area contributed by atoms with Crippen LogP contribution in [-0.4, -0.2) is 43.5 Å². The minimum Gasteiger partial charge on any atom is -0.355 e. The molecule has 1 atom stereocenters. The van der Waals surface area contributed by atoms with Crippen LogP contribution in [0.15, 0.2) is 0 Å². The fourth-order valence-corrected chi connectivity index (χ4v) is 1.52. The number of carbonyl (C=O) groups excluding carboxylic acids is 1. The molecule has 102 valence electrons. The summed E-state index contributed by atoms with van der Waals surface area (Å²) in [6.45, 7) is 8.79. The maximum Gasteiger partial charge on any atom is 0.220 e. The van der Waals surface area contributed by atoms with Gasteiger partial charge in [-0.3, -0.25) is 4.79 Å². The standard InChI is InChI=1S/C13H29N3O/c1-11(2)16(4)10-9-15-13(17)6-5-12(3)7-8-14/h11-12H,5-10,14H2,1-4H3,(H,15,17). The molecule has 17 heavy (non-hydrogen) atoms. The predicted molar refractivity (Wildman–Crippen MR) is 72.8 cm³/mol. The lowest BCUT2D eigenvalue weighted by atomic mass is 10.0. The minimum absolute atomic E-state index is 0.158. The van der Waals surface area contributed by atoms with Crippen molar-refractivity contribution >= 4 is 5.91 Å². The Bertz CT molecular complexity index is 207. The van der Waals surface area contributed by atoms with Crippen molar-refractivity contribution in [2.45, 2.75) is 46.1 Å². The lowest BCUT2D eigenvalue weighted by Gasteiger charge is -2.21. The van der Waals surface area contributed by atoms with Crippen molar-refractivity contribution in [2.24, 2.45) is 11.7 Å². The van der Waals surface area contributed by atoms with Gasteiger partial charge in [0.1, 0.15) is 0 Å². The van der Waals surface area contributed by atoms with Crippen LogP contribution < -0.4 is 11.1 Å². The zero-order chi connectivity index (χ0) is 13.3. The number of rotatable bonds is 9. The van der Waals surface area contributed by atoms with E-state index in [0.717, 1.165) is 25.9 Å². The molecule has 0 aromatic heterocycles. The molecule has 0 fully saturated rings. The first-order valence-electron chi connectivity index (χ1n) is 6.64. The molecule has 3 N–H and O–H groups in total. The molecule has 1 amide bonds. The highest BCUT2D eigenvalue weighted by molar-refractivity contribution is 5.75. The van der Waals surface area contributed by atoms with Crippen LogP contribution in [0.25, 0.3) is 0 Å². The van der Waals surface area contributed by atoms with E-state index in [2.05, 4.69) is 38.0 Å². The number of nitrogens with one attached hydrogen (secondary N) is 1. The van der Waals surface area contributed by atoms with E-state index in [1.807, 2.05) is 0 Å². The molecule has 0 spiro atoms. The Morgan fingerprint density at radius 3 is 2.47 bits per heavy atom. The highest BCUT2D eigenvalue weighted by atomic mass is 16.1. The lowest BCUT2D eigenvalue weighted by molar-refractivity contribution is -0.121. The van der Waals surface area contributed by atoms with E-state index in [4.69, 9.17) is 5.73 Å². The molecular formula is C13H29N3O. The average molecular weight is 243 g/mol. The summed E-state index contributed by atoms with van der Waals surface area (Å²) in [5.74, 6) is 0.704. The number of likely N-dealkylation sites (N-methyl/N-ethyl adjacent to an activating group) is 1. The molecule has 0 saturated carbocycles. The summed E-state index contributed by atoms with van der Waals surface area (Å²) in [5.41, 5.74) is 5.47. The van der Waals surface area contributed by atoms with E-state index in [0.29, 0.717) is 24.9 Å². The Morgan fingerprint density at radius 2 is 1.94 bits per heavy atom. The first-order valence-corrected chi connectivity index (χ1v) is 6.64. The van der Waals surface area contributed by atoms with Crippen LogP contribution in [0.5, 0.6) is 0 Å². The van der Waals surface area contributed by atoms with Gasteiger partial charge < -0.3 is 16.0 Å². The van der Waals surface area contributed by atoms with Crippen LogP contribution in [0.3, 0.4) is 0 Å². The summed E-state index contributed by atoms with van der Waals surface area (Å²) in [5, 5.41) is 2.95. The van der Waals surface area contributed by atoms with Gasteiger partial charge in [-0.05, 0) is 46.2 Å². The van der Waals surface area contributed by atoms with Crippen LogP contribution in [-0.2, 0) is 4.79 Å². The van der Waals surface area contributed by atoms with E-state index in [-0.39, 0.29) is 5.91 Å². The summed E-state index contributed by atoms with van der Waals surface area (Å²) < 4.78 is 0. The fraction of sp³-hybridized carbons (Fsp3) is 0.923. The van der Waals surface area contributed by atoms with Gasteiger partial charge in [-0.2, -0.15) is 0 Å². The third kappa shape index (κ3) is 9.12. The van der Waals surface area contributed by atoms with Crippen molar-refractivity contribution in [3.63, 3.8) is 0 Å². The molecule has 0 aliphatic carbocycles. The van der Waals surface area contributed by atoms with Crippen LogP contribution in [0, 0.1) is 5.92 Å². The number of hydrogen-bond donors (Lipinski definition) is 2. The van der Waals surface area contributed by atoms with Crippen LogP contribution in [0.1, 0.15) is 40.0 Å². The molecule has 0 radical (unpaired) electrons. The zero-order valence-electron chi connectivity index (χ0n) is 11.8. The molecule has 0 rings (SSSR count). The smallest absolute Gasteiger partial charge is 0.220 e. The maximum atomic E-state index is 11.5. The summed E-state index contributed by atoms with van der Waals surface area (Å²) in [4.78, 5) is 13.8. The largest absolute Gasteiger partial charge is 0.355 e. The Morgan fingerprint density at radius 1 is 1.29 bits per heavy atom. The summed E-state index contributed by atoms with van der Waals surface area (Å²) in [7, 11) is 2.07. The molecule has 0 saturated heterocycles. The summed E-state index contributed by atoms with van der Waals surface area (Å²) in [6, 6.07) is 0.525. The summed E-state index contributed by atoms with van der Waals surface area (Å²) in [6.07, 6.45) is 2.55. The molecule has 1 unspecified atom stereocenters. The molecule has 0 aliphatic rings. The molecule has 0 bridgehead atoms. The van der Waals surface area contributed by atoms with Gasteiger partial charge in [-0.15, -0.1) is 0 Å². The highest BCUT2D eigenvalue weighted by Gasteiger charge is 2.07. The van der Waals surface area contributed by atoms with Crippen LogP contribution in [0.4, 0.5) is 0 Å². The first-order chi connectivity index (χ1) is 7.97. The Balaban J connectivity index is 3.53. The maximum absolute atomic E-state index is 11.5. The normalized spacial score (nSPS) is 13.1. The molecular weight excluding hydrogens is 214 g/mol. The SMILES string of the molecule is CC(CCN)CCC(=O)NCCN(C)C(C)C. The van der Waals surface area contributed by atoms with E-state index >= 15 is 0 Å². The Labute approximate surface area is 106 Å². The predicted octanol–water partition coefficient (Wildman–Crippen LogP) is 1.21. The second-order valence-electron chi connectivity index (χ2n) is 5.15. The van der Waals surface area contributed by atoms with Crippen molar-refractivity contribution < 1.29 is 4.79 Å². The number of nitrogens with two attached hydrogens (primary N) is 1. The Kier molecular flexibility index (Phi) is 9.09. The average Bonchev–Trinajstić information content (AvgIpc) is 2.26. The second kappa shape index (κ2) is 9.42. The topological polar surface area (TPSA) is 58.4 Å². The number of amides is 1. The number of nitrogens with zero attached hydrogens (tertiary/aromatic N) is 1. The van der Waals surface area contributed by atoms with Crippen molar-refractivity contribution in [1.29, 1.82) is 0 Å². The third-order valence-electron chi connectivity index (χ3n) is 3.19. The van der Waals surface area contributed by atoms with Gasteiger partial charge in [0.05, 0.1) is 0 Å². The van der Waals surface area contributed by atoms with Gasteiger partial charge in [-0.25, -0.2) is 0 Å². The molecule has 4 heteroatoms. The quantitative estimate of drug-likeness (QED) is 0.640. The summed E-state index contributed by atoms with van der Waals surface area (Å²) >= 11 is 0. The van der Waals surface area contributed by atoms with E-state index < -0.39 is 0 Å². The number of hydrogen-bond acceptors (Lipinski definition) is 3. The third-order valence-corrected chi connectivity index (χ3v) is 3.19. The van der Waals surface area contributed by atoms with E-state index in [1.54, 1.807) is 0 Å². The second-order valence-corrected chi connectivity index (χ2v) is 5.15. The van der Waals surface area contributed by atoms with Crippen molar-refractivity contribution in [2.75, 3.05) is 26.7 Å². The van der Waals surface area contributed by atoms with Crippen molar-refractivity contribution in [1.82, 2.24) is 10.2 Å².